The predicted molar refractivity (Wildman–Crippen MR) is 176 cm³/mol. The zero-order valence-corrected chi connectivity index (χ0v) is 29.0. The summed E-state index contributed by atoms with van der Waals surface area (Å²) >= 11 is 0. The number of hydrogen-bond acceptors (Lipinski definition) is 3. The van der Waals surface area contributed by atoms with Crippen molar-refractivity contribution in [1.82, 2.24) is 15.2 Å². The Labute approximate surface area is 248 Å². The molecule has 6 heteroatoms. The number of hydrogen-bond donors (Lipinski definition) is 2. The van der Waals surface area contributed by atoms with Gasteiger partial charge < -0.3 is 19.9 Å². The Morgan fingerprint density at radius 2 is 1.45 bits per heavy atom. The standard InChI is InChI=1S/C22H31N3O3.C4H10.4C2H6/c1-14(2)12-18-20-16(15-8-6-7-9-17(15)24-20)10-11-25(18)19(26)13-23-21(27)28-22(3,4)5;1-4(2)3;4*1-2/h6-9,14,18,24H,10-13H2,1-5H3,(H,23,27);4H,1-3H3;4*1-2H3. The van der Waals surface area contributed by atoms with Crippen LogP contribution in [0.4, 0.5) is 4.79 Å². The molecular weight excluding hydrogens is 498 g/mol. The second kappa shape index (κ2) is 23.2. The van der Waals surface area contributed by atoms with Gasteiger partial charge in [-0.25, -0.2) is 4.79 Å². The van der Waals surface area contributed by atoms with E-state index in [2.05, 4.69) is 63.1 Å². The maximum Gasteiger partial charge on any atom is 0.408 e. The number of carbonyl (C=O) groups is 2. The molecule has 0 aliphatic carbocycles. The number of rotatable bonds is 4. The molecule has 1 atom stereocenters. The van der Waals surface area contributed by atoms with Crippen LogP contribution in [-0.2, 0) is 16.0 Å². The third-order valence-electron chi connectivity index (χ3n) is 4.96. The quantitative estimate of drug-likeness (QED) is 0.389. The van der Waals surface area contributed by atoms with Crippen LogP contribution >= 0.6 is 0 Å². The van der Waals surface area contributed by atoms with Crippen LogP contribution in [0.2, 0.25) is 0 Å². The van der Waals surface area contributed by atoms with E-state index in [1.807, 2.05) is 66.4 Å². The fraction of sp³-hybridized carbons (Fsp3) is 0.706. The Kier molecular flexibility index (Phi) is 24.4. The molecule has 2 heterocycles. The van der Waals surface area contributed by atoms with Crippen LogP contribution in [0.25, 0.3) is 10.9 Å². The summed E-state index contributed by atoms with van der Waals surface area (Å²) in [6, 6.07) is 8.28. The first-order chi connectivity index (χ1) is 18.9. The summed E-state index contributed by atoms with van der Waals surface area (Å²) in [6.07, 6.45) is 1.12. The lowest BCUT2D eigenvalue weighted by atomic mass is 9.91. The third-order valence-corrected chi connectivity index (χ3v) is 4.96. The molecule has 1 aliphatic heterocycles. The minimum atomic E-state index is -0.586. The fourth-order valence-electron chi connectivity index (χ4n) is 3.87. The highest BCUT2D eigenvalue weighted by Crippen LogP contribution is 2.37. The predicted octanol–water partition coefficient (Wildman–Crippen LogP) is 9.93. The van der Waals surface area contributed by atoms with Gasteiger partial charge in [0, 0.05) is 23.1 Å². The van der Waals surface area contributed by atoms with E-state index < -0.39 is 11.7 Å². The normalized spacial score (nSPS) is 13.3. The minimum Gasteiger partial charge on any atom is -0.444 e. The maximum atomic E-state index is 12.9. The lowest BCUT2D eigenvalue weighted by molar-refractivity contribution is -0.133. The van der Waals surface area contributed by atoms with Crippen molar-refractivity contribution < 1.29 is 14.3 Å². The van der Waals surface area contributed by atoms with Crippen molar-refractivity contribution in [3.05, 3.63) is 35.5 Å². The van der Waals surface area contributed by atoms with Crippen LogP contribution in [0, 0.1) is 11.8 Å². The number of benzene rings is 1. The Hall–Kier alpha value is -2.50. The number of fused-ring (bicyclic) bond motifs is 3. The highest BCUT2D eigenvalue weighted by molar-refractivity contribution is 5.87. The van der Waals surface area contributed by atoms with E-state index in [4.69, 9.17) is 4.74 Å². The smallest absolute Gasteiger partial charge is 0.408 e. The van der Waals surface area contributed by atoms with Gasteiger partial charge in [0.1, 0.15) is 12.1 Å². The van der Waals surface area contributed by atoms with E-state index in [-0.39, 0.29) is 18.5 Å². The van der Waals surface area contributed by atoms with Crippen molar-refractivity contribution in [2.24, 2.45) is 11.8 Å². The molecule has 3 rings (SSSR count). The highest BCUT2D eigenvalue weighted by atomic mass is 16.6. The second-order valence-corrected chi connectivity index (χ2v) is 10.6. The van der Waals surface area contributed by atoms with Crippen LogP contribution in [-0.4, -0.2) is 40.6 Å². The first-order valence-corrected chi connectivity index (χ1v) is 15.7. The van der Waals surface area contributed by atoms with Crippen LogP contribution < -0.4 is 5.32 Å². The molecule has 0 fully saturated rings. The molecule has 0 saturated carbocycles. The van der Waals surface area contributed by atoms with E-state index in [0.29, 0.717) is 12.5 Å². The summed E-state index contributed by atoms with van der Waals surface area (Å²) in [4.78, 5) is 30.3. The summed E-state index contributed by atoms with van der Waals surface area (Å²) < 4.78 is 5.24. The molecule has 0 spiro atoms. The number of aromatic amines is 1. The summed E-state index contributed by atoms with van der Waals surface area (Å²) in [7, 11) is 0. The molecule has 1 unspecified atom stereocenters. The lowest BCUT2D eigenvalue weighted by Crippen LogP contribution is -2.46. The molecule has 234 valence electrons. The van der Waals surface area contributed by atoms with E-state index in [9.17, 15) is 9.59 Å². The van der Waals surface area contributed by atoms with E-state index in [1.54, 1.807) is 20.8 Å². The Morgan fingerprint density at radius 1 is 0.950 bits per heavy atom. The van der Waals surface area contributed by atoms with Crippen molar-refractivity contribution in [1.29, 1.82) is 0 Å². The van der Waals surface area contributed by atoms with Gasteiger partial charge in [-0.1, -0.05) is 108 Å². The number of H-pyrrole nitrogens is 1. The molecule has 0 saturated heterocycles. The SMILES string of the molecule is CC.CC.CC.CC.CC(C)C.CC(C)CC1c2[nH]c3ccccc3c2CCN1C(=O)CNC(=O)OC(C)(C)C. The maximum absolute atomic E-state index is 12.9. The van der Waals surface area contributed by atoms with Gasteiger partial charge in [0.05, 0.1) is 6.04 Å². The summed E-state index contributed by atoms with van der Waals surface area (Å²) in [6.45, 7) is 32.8. The van der Waals surface area contributed by atoms with Gasteiger partial charge in [0.25, 0.3) is 0 Å². The average molecular weight is 564 g/mol. The molecule has 2 N–H and O–H groups in total. The van der Waals surface area contributed by atoms with Crippen LogP contribution in [0.15, 0.2) is 24.3 Å². The molecule has 40 heavy (non-hydrogen) atoms. The molecule has 2 aromatic rings. The average Bonchev–Trinajstić information content (AvgIpc) is 3.30. The van der Waals surface area contributed by atoms with Gasteiger partial charge in [-0.2, -0.15) is 0 Å². The highest BCUT2D eigenvalue weighted by Gasteiger charge is 2.33. The van der Waals surface area contributed by atoms with Crippen molar-refractivity contribution in [2.45, 2.75) is 135 Å². The number of amides is 2. The van der Waals surface area contributed by atoms with Crippen LogP contribution in [0.5, 0.6) is 0 Å². The summed E-state index contributed by atoms with van der Waals surface area (Å²) in [5.74, 6) is 1.19. The number of alkyl carbamates (subject to hydrolysis) is 1. The Balaban J connectivity index is -0.000000995. The lowest BCUT2D eigenvalue weighted by Gasteiger charge is -2.37. The zero-order valence-electron chi connectivity index (χ0n) is 29.0. The molecule has 0 radical (unpaired) electrons. The molecule has 1 aliphatic rings. The number of para-hydroxylation sites is 1. The van der Waals surface area contributed by atoms with Gasteiger partial charge in [0.15, 0.2) is 0 Å². The largest absolute Gasteiger partial charge is 0.444 e. The summed E-state index contributed by atoms with van der Waals surface area (Å²) in [5.41, 5.74) is 2.97. The molecule has 1 aromatic carbocycles. The first kappa shape index (κ1) is 42.0. The number of aromatic nitrogens is 1. The third kappa shape index (κ3) is 15.9. The molecular formula is C34H65N3O3. The second-order valence-electron chi connectivity index (χ2n) is 10.6. The molecule has 1 aromatic heterocycles. The van der Waals surface area contributed by atoms with Crippen molar-refractivity contribution in [2.75, 3.05) is 13.1 Å². The van der Waals surface area contributed by atoms with Gasteiger partial charge in [0.2, 0.25) is 5.91 Å². The first-order valence-electron chi connectivity index (χ1n) is 15.7. The number of nitrogens with zero attached hydrogens (tertiary/aromatic N) is 1. The van der Waals surface area contributed by atoms with Gasteiger partial charge in [-0.3, -0.25) is 4.79 Å². The molecule has 6 nitrogen and oxygen atoms in total. The van der Waals surface area contributed by atoms with Gasteiger partial charge in [-0.15, -0.1) is 0 Å². The summed E-state index contributed by atoms with van der Waals surface area (Å²) in [5, 5.41) is 3.84. The topological polar surface area (TPSA) is 74.4 Å². The van der Waals surface area contributed by atoms with E-state index >= 15 is 0 Å². The Morgan fingerprint density at radius 3 is 1.93 bits per heavy atom. The van der Waals surface area contributed by atoms with Crippen molar-refractivity contribution in [3.63, 3.8) is 0 Å². The molecule has 2 amide bonds. The van der Waals surface area contributed by atoms with Crippen molar-refractivity contribution in [3.8, 4) is 0 Å². The number of ether oxygens (including phenoxy) is 1. The van der Waals surface area contributed by atoms with Crippen molar-refractivity contribution >= 4 is 22.9 Å². The van der Waals surface area contributed by atoms with E-state index in [1.165, 1.54) is 10.9 Å². The number of nitrogens with one attached hydrogen (secondary N) is 2. The van der Waals surface area contributed by atoms with Gasteiger partial charge in [-0.05, 0) is 57.1 Å². The minimum absolute atomic E-state index is 0.0101. The van der Waals surface area contributed by atoms with Crippen LogP contribution in [0.3, 0.4) is 0 Å². The monoisotopic (exact) mass is 564 g/mol. The van der Waals surface area contributed by atoms with Crippen LogP contribution in [0.1, 0.15) is 134 Å². The number of carbonyl (C=O) groups excluding carboxylic acids is 2. The van der Waals surface area contributed by atoms with Gasteiger partial charge >= 0.3 is 6.09 Å². The fourth-order valence-corrected chi connectivity index (χ4v) is 3.87. The zero-order chi connectivity index (χ0) is 32.1. The Bertz CT molecular complexity index is 908. The van der Waals surface area contributed by atoms with E-state index in [0.717, 1.165) is 30.0 Å². The molecule has 0 bridgehead atoms.